The SMILES string of the molecule is O=C(O)n1nc(O)c2cccnc21. The molecular weight excluding hydrogens is 174 g/mol. The molecule has 6 heteroatoms. The van der Waals surface area contributed by atoms with Gasteiger partial charge in [0.1, 0.15) is 0 Å². The van der Waals surface area contributed by atoms with Crippen molar-refractivity contribution in [1.82, 2.24) is 14.8 Å². The standard InChI is InChI=1S/C7H5N3O3/c11-6-4-2-1-3-8-5(4)10(9-6)7(12)13/h1-3H,(H,9,11)(H,12,13). The molecule has 2 aromatic rings. The van der Waals surface area contributed by atoms with Gasteiger partial charge >= 0.3 is 6.09 Å². The summed E-state index contributed by atoms with van der Waals surface area (Å²) in [5.41, 5.74) is 0.132. The average molecular weight is 179 g/mol. The molecule has 0 aliphatic heterocycles. The Kier molecular flexibility index (Phi) is 1.42. The first-order chi connectivity index (χ1) is 6.20. The number of aromatic nitrogens is 3. The maximum Gasteiger partial charge on any atom is 0.434 e. The van der Waals surface area contributed by atoms with Crippen molar-refractivity contribution in [3.05, 3.63) is 18.3 Å². The van der Waals surface area contributed by atoms with Crippen molar-refractivity contribution in [3.63, 3.8) is 0 Å². The van der Waals surface area contributed by atoms with Gasteiger partial charge in [-0.2, -0.15) is 0 Å². The molecule has 13 heavy (non-hydrogen) atoms. The second kappa shape index (κ2) is 2.44. The largest absolute Gasteiger partial charge is 0.492 e. The Hall–Kier alpha value is -2.11. The van der Waals surface area contributed by atoms with Crippen molar-refractivity contribution in [1.29, 1.82) is 0 Å². The highest BCUT2D eigenvalue weighted by molar-refractivity contribution is 5.87. The highest BCUT2D eigenvalue weighted by Crippen LogP contribution is 2.20. The molecule has 0 atom stereocenters. The summed E-state index contributed by atoms with van der Waals surface area (Å²) in [7, 11) is 0. The summed E-state index contributed by atoms with van der Waals surface area (Å²) < 4.78 is 0.630. The van der Waals surface area contributed by atoms with Gasteiger partial charge in [-0.1, -0.05) is 0 Å². The number of hydrogen-bond donors (Lipinski definition) is 2. The summed E-state index contributed by atoms with van der Waals surface area (Å²) in [6, 6.07) is 3.14. The molecule has 0 aliphatic rings. The molecule has 2 N–H and O–H groups in total. The highest BCUT2D eigenvalue weighted by Gasteiger charge is 2.13. The van der Waals surface area contributed by atoms with Crippen LogP contribution in [0, 0.1) is 0 Å². The Bertz CT molecular complexity index is 477. The molecule has 0 aromatic carbocycles. The van der Waals surface area contributed by atoms with E-state index in [1.807, 2.05) is 0 Å². The van der Waals surface area contributed by atoms with Gasteiger partial charge in [0.05, 0.1) is 5.39 Å². The van der Waals surface area contributed by atoms with Gasteiger partial charge in [0.25, 0.3) is 0 Å². The smallest absolute Gasteiger partial charge is 0.434 e. The van der Waals surface area contributed by atoms with Crippen molar-refractivity contribution in [2.75, 3.05) is 0 Å². The van der Waals surface area contributed by atoms with E-state index in [1.54, 1.807) is 12.1 Å². The van der Waals surface area contributed by atoms with E-state index in [1.165, 1.54) is 6.20 Å². The fourth-order valence-corrected chi connectivity index (χ4v) is 1.07. The van der Waals surface area contributed by atoms with Crippen LogP contribution in [0.15, 0.2) is 18.3 Å². The van der Waals surface area contributed by atoms with Gasteiger partial charge in [-0.05, 0) is 12.1 Å². The van der Waals surface area contributed by atoms with E-state index in [2.05, 4.69) is 10.1 Å². The summed E-state index contributed by atoms with van der Waals surface area (Å²) in [5.74, 6) is -0.328. The lowest BCUT2D eigenvalue weighted by Crippen LogP contribution is -2.09. The number of pyridine rings is 1. The predicted octanol–water partition coefficient (Wildman–Crippen LogP) is 0.663. The first-order valence-corrected chi connectivity index (χ1v) is 3.46. The van der Waals surface area contributed by atoms with Gasteiger partial charge in [0.15, 0.2) is 5.65 Å². The van der Waals surface area contributed by atoms with Gasteiger partial charge in [0.2, 0.25) is 5.88 Å². The van der Waals surface area contributed by atoms with Crippen LogP contribution < -0.4 is 0 Å². The molecule has 0 radical (unpaired) electrons. The molecule has 2 heterocycles. The Labute approximate surface area is 72.1 Å². The Balaban J connectivity index is 2.85. The topological polar surface area (TPSA) is 88.2 Å². The Morgan fingerprint density at radius 2 is 2.31 bits per heavy atom. The maximum atomic E-state index is 10.6. The third-order valence-electron chi connectivity index (χ3n) is 1.60. The second-order valence-corrected chi connectivity index (χ2v) is 2.39. The zero-order valence-corrected chi connectivity index (χ0v) is 6.38. The number of aromatic hydroxyl groups is 1. The number of hydrogen-bond acceptors (Lipinski definition) is 4. The number of fused-ring (bicyclic) bond motifs is 1. The van der Waals surface area contributed by atoms with Gasteiger partial charge in [-0.3, -0.25) is 0 Å². The van der Waals surface area contributed by atoms with Crippen LogP contribution in [-0.2, 0) is 0 Å². The van der Waals surface area contributed by atoms with Crippen molar-refractivity contribution in [3.8, 4) is 5.88 Å². The zero-order valence-electron chi connectivity index (χ0n) is 6.38. The molecule has 2 aromatic heterocycles. The Morgan fingerprint density at radius 1 is 1.54 bits per heavy atom. The minimum absolute atomic E-state index is 0.132. The third kappa shape index (κ3) is 0.994. The molecule has 0 bridgehead atoms. The minimum Gasteiger partial charge on any atom is -0.492 e. The molecule has 0 unspecified atom stereocenters. The number of nitrogens with zero attached hydrogens (tertiary/aromatic N) is 3. The molecule has 0 fully saturated rings. The molecule has 0 aliphatic carbocycles. The van der Waals surface area contributed by atoms with Crippen molar-refractivity contribution in [2.45, 2.75) is 0 Å². The van der Waals surface area contributed by atoms with E-state index in [4.69, 9.17) is 5.11 Å². The minimum atomic E-state index is -1.27. The predicted molar refractivity (Wildman–Crippen MR) is 42.6 cm³/mol. The van der Waals surface area contributed by atoms with E-state index in [9.17, 15) is 9.90 Å². The van der Waals surface area contributed by atoms with Crippen LogP contribution in [0.25, 0.3) is 11.0 Å². The number of carboxylic acid groups (broad SMARTS) is 1. The first kappa shape index (κ1) is 7.53. The van der Waals surface area contributed by atoms with Crippen molar-refractivity contribution >= 4 is 17.1 Å². The van der Waals surface area contributed by atoms with Crippen molar-refractivity contribution < 1.29 is 15.0 Å². The summed E-state index contributed by atoms with van der Waals surface area (Å²) >= 11 is 0. The monoisotopic (exact) mass is 179 g/mol. The van der Waals surface area contributed by atoms with Gasteiger partial charge in [-0.15, -0.1) is 9.78 Å². The Morgan fingerprint density at radius 3 is 3.00 bits per heavy atom. The van der Waals surface area contributed by atoms with Gasteiger partial charge < -0.3 is 10.2 Å². The second-order valence-electron chi connectivity index (χ2n) is 2.39. The fraction of sp³-hybridized carbons (Fsp3) is 0. The molecule has 0 spiro atoms. The number of rotatable bonds is 0. The maximum absolute atomic E-state index is 10.6. The van der Waals surface area contributed by atoms with E-state index >= 15 is 0 Å². The molecule has 0 saturated carbocycles. The van der Waals surface area contributed by atoms with E-state index in [0.717, 1.165) is 0 Å². The zero-order chi connectivity index (χ0) is 9.42. The summed E-state index contributed by atoms with van der Waals surface area (Å²) in [4.78, 5) is 14.4. The van der Waals surface area contributed by atoms with Crippen molar-refractivity contribution in [2.24, 2.45) is 0 Å². The molecular formula is C7H5N3O3. The van der Waals surface area contributed by atoms with Crippen LogP contribution in [0.3, 0.4) is 0 Å². The van der Waals surface area contributed by atoms with Gasteiger partial charge in [-0.25, -0.2) is 9.78 Å². The highest BCUT2D eigenvalue weighted by atomic mass is 16.4. The fourth-order valence-electron chi connectivity index (χ4n) is 1.07. The summed E-state index contributed by atoms with van der Waals surface area (Å²) in [5, 5.41) is 21.6. The van der Waals surface area contributed by atoms with Crippen LogP contribution in [-0.4, -0.2) is 31.1 Å². The van der Waals surface area contributed by atoms with E-state index in [-0.39, 0.29) is 11.5 Å². The van der Waals surface area contributed by atoms with E-state index in [0.29, 0.717) is 10.1 Å². The van der Waals surface area contributed by atoms with E-state index < -0.39 is 6.09 Å². The van der Waals surface area contributed by atoms with Crippen LogP contribution >= 0.6 is 0 Å². The average Bonchev–Trinajstić information content (AvgIpc) is 2.45. The molecule has 0 amide bonds. The molecule has 66 valence electrons. The molecule has 2 rings (SSSR count). The summed E-state index contributed by atoms with van der Waals surface area (Å²) in [6.07, 6.45) is 0.159. The first-order valence-electron chi connectivity index (χ1n) is 3.46. The van der Waals surface area contributed by atoms with Crippen LogP contribution in [0.1, 0.15) is 0 Å². The van der Waals surface area contributed by atoms with Crippen LogP contribution in [0.4, 0.5) is 4.79 Å². The summed E-state index contributed by atoms with van der Waals surface area (Å²) in [6.45, 7) is 0. The normalized spacial score (nSPS) is 10.5. The molecule has 0 saturated heterocycles. The number of carbonyl (C=O) groups is 1. The lowest BCUT2D eigenvalue weighted by Gasteiger charge is -1.91. The van der Waals surface area contributed by atoms with Gasteiger partial charge in [0, 0.05) is 6.20 Å². The quantitative estimate of drug-likeness (QED) is 0.620. The van der Waals surface area contributed by atoms with Crippen LogP contribution in [0.5, 0.6) is 5.88 Å². The molecule has 6 nitrogen and oxygen atoms in total. The third-order valence-corrected chi connectivity index (χ3v) is 1.60. The lowest BCUT2D eigenvalue weighted by molar-refractivity contribution is 0.193. The van der Waals surface area contributed by atoms with Crippen LogP contribution in [0.2, 0.25) is 0 Å². The lowest BCUT2D eigenvalue weighted by atomic mass is 10.3.